The Balaban J connectivity index is 1.85. The Bertz CT molecular complexity index is 627. The molecule has 0 radical (unpaired) electrons. The lowest BCUT2D eigenvalue weighted by molar-refractivity contribution is 0.0175. The molecule has 1 aromatic carbocycles. The highest BCUT2D eigenvalue weighted by Crippen LogP contribution is 2.40. The number of rotatable bonds is 2. The summed E-state index contributed by atoms with van der Waals surface area (Å²) in [5.74, 6) is 0. The molecule has 2 aliphatic rings. The maximum atomic E-state index is 12.5. The van der Waals surface area contributed by atoms with Crippen LogP contribution in [0.3, 0.4) is 0 Å². The first kappa shape index (κ1) is 16.1. The van der Waals surface area contributed by atoms with Gasteiger partial charge in [0.05, 0.1) is 6.04 Å². The molecule has 1 amide bonds. The molecule has 3 rings (SSSR count). The molecule has 0 aromatic heterocycles. The van der Waals surface area contributed by atoms with Crippen LogP contribution in [0.25, 0.3) is 5.57 Å². The highest BCUT2D eigenvalue weighted by molar-refractivity contribution is 5.76. The molecule has 3 nitrogen and oxygen atoms in total. The summed E-state index contributed by atoms with van der Waals surface area (Å²) < 4.78 is 5.60. The maximum Gasteiger partial charge on any atom is 0.411 e. The second-order valence-corrected chi connectivity index (χ2v) is 7.59. The Morgan fingerprint density at radius 1 is 1.26 bits per heavy atom. The molecule has 0 N–H and O–H groups in total. The fourth-order valence-corrected chi connectivity index (χ4v) is 3.77. The van der Waals surface area contributed by atoms with E-state index in [9.17, 15) is 4.79 Å². The fraction of sp³-hybridized carbons (Fsp3) is 0.550. The van der Waals surface area contributed by atoms with E-state index in [0.717, 1.165) is 25.7 Å². The van der Waals surface area contributed by atoms with Gasteiger partial charge in [-0.05, 0) is 63.2 Å². The normalized spacial score (nSPS) is 23.7. The van der Waals surface area contributed by atoms with Gasteiger partial charge in [-0.15, -0.1) is 0 Å². The van der Waals surface area contributed by atoms with Crippen molar-refractivity contribution in [1.29, 1.82) is 0 Å². The van der Waals surface area contributed by atoms with E-state index in [0.29, 0.717) is 0 Å². The van der Waals surface area contributed by atoms with E-state index in [1.165, 1.54) is 16.7 Å². The van der Waals surface area contributed by atoms with Crippen molar-refractivity contribution < 1.29 is 9.53 Å². The standard InChI is InChI=1S/C20H27NO2/c1-5-14-8-6-7-9-18(14)15-12-16-10-11-17(13-15)21(16)19(22)23-20(2,3)4/h6-9,12,16-17H,5,10-11,13H2,1-4H3. The molecule has 0 aliphatic carbocycles. The van der Waals surface area contributed by atoms with Gasteiger partial charge in [0.1, 0.15) is 5.60 Å². The molecule has 2 aliphatic heterocycles. The Morgan fingerprint density at radius 2 is 2.00 bits per heavy atom. The van der Waals surface area contributed by atoms with Crippen LogP contribution in [0.4, 0.5) is 4.79 Å². The van der Waals surface area contributed by atoms with E-state index in [1.807, 2.05) is 25.7 Å². The fourth-order valence-electron chi connectivity index (χ4n) is 3.77. The zero-order valence-electron chi connectivity index (χ0n) is 14.6. The number of aryl methyl sites for hydroxylation is 1. The van der Waals surface area contributed by atoms with Crippen LogP contribution in [0.5, 0.6) is 0 Å². The minimum atomic E-state index is -0.435. The summed E-state index contributed by atoms with van der Waals surface area (Å²) in [7, 11) is 0. The van der Waals surface area contributed by atoms with Crippen LogP contribution in [0.2, 0.25) is 0 Å². The number of benzene rings is 1. The molecule has 3 heteroatoms. The van der Waals surface area contributed by atoms with Gasteiger partial charge in [0.15, 0.2) is 0 Å². The molecule has 1 saturated heterocycles. The van der Waals surface area contributed by atoms with Crippen molar-refractivity contribution in [3.05, 3.63) is 41.5 Å². The summed E-state index contributed by atoms with van der Waals surface area (Å²) in [5.41, 5.74) is 3.71. The highest BCUT2D eigenvalue weighted by Gasteiger charge is 2.41. The summed E-state index contributed by atoms with van der Waals surface area (Å²) in [4.78, 5) is 14.5. The van der Waals surface area contributed by atoms with E-state index >= 15 is 0 Å². The summed E-state index contributed by atoms with van der Waals surface area (Å²) in [5, 5.41) is 0. The van der Waals surface area contributed by atoms with Crippen LogP contribution >= 0.6 is 0 Å². The average Bonchev–Trinajstić information content (AvgIpc) is 2.76. The van der Waals surface area contributed by atoms with Crippen molar-refractivity contribution in [2.75, 3.05) is 0 Å². The molecular weight excluding hydrogens is 286 g/mol. The van der Waals surface area contributed by atoms with Gasteiger partial charge in [0.2, 0.25) is 0 Å². The predicted molar refractivity (Wildman–Crippen MR) is 93.3 cm³/mol. The van der Waals surface area contributed by atoms with Crippen molar-refractivity contribution in [2.24, 2.45) is 0 Å². The molecule has 1 aromatic rings. The van der Waals surface area contributed by atoms with Gasteiger partial charge < -0.3 is 4.74 Å². The number of hydrogen-bond donors (Lipinski definition) is 0. The largest absolute Gasteiger partial charge is 0.444 e. The van der Waals surface area contributed by atoms with Gasteiger partial charge in [0, 0.05) is 6.04 Å². The molecule has 2 bridgehead atoms. The molecule has 1 fully saturated rings. The van der Waals surface area contributed by atoms with Crippen LogP contribution in [-0.2, 0) is 11.2 Å². The Morgan fingerprint density at radius 3 is 2.65 bits per heavy atom. The number of amides is 1. The molecule has 2 heterocycles. The molecule has 23 heavy (non-hydrogen) atoms. The second-order valence-electron chi connectivity index (χ2n) is 7.59. The second kappa shape index (κ2) is 6.03. The van der Waals surface area contributed by atoms with Crippen LogP contribution in [0.1, 0.15) is 58.1 Å². The minimum absolute atomic E-state index is 0.163. The zero-order chi connectivity index (χ0) is 16.6. The summed E-state index contributed by atoms with van der Waals surface area (Å²) in [6.07, 6.45) is 6.22. The third-order valence-corrected chi connectivity index (χ3v) is 4.74. The number of ether oxygens (including phenoxy) is 1. The van der Waals surface area contributed by atoms with Crippen molar-refractivity contribution in [1.82, 2.24) is 4.90 Å². The number of hydrogen-bond acceptors (Lipinski definition) is 2. The van der Waals surface area contributed by atoms with Crippen molar-refractivity contribution in [2.45, 2.75) is 71.1 Å². The monoisotopic (exact) mass is 313 g/mol. The Kier molecular flexibility index (Phi) is 4.22. The lowest BCUT2D eigenvalue weighted by Gasteiger charge is -2.35. The number of carbonyl (C=O) groups is 1. The van der Waals surface area contributed by atoms with E-state index in [4.69, 9.17) is 4.74 Å². The van der Waals surface area contributed by atoms with Gasteiger partial charge in [-0.1, -0.05) is 37.3 Å². The van der Waals surface area contributed by atoms with Crippen LogP contribution in [-0.4, -0.2) is 28.7 Å². The smallest absolute Gasteiger partial charge is 0.411 e. The third kappa shape index (κ3) is 3.29. The van der Waals surface area contributed by atoms with Gasteiger partial charge in [-0.2, -0.15) is 0 Å². The zero-order valence-corrected chi connectivity index (χ0v) is 14.6. The van der Waals surface area contributed by atoms with Crippen molar-refractivity contribution in [3.63, 3.8) is 0 Å². The first-order chi connectivity index (χ1) is 10.9. The van der Waals surface area contributed by atoms with Gasteiger partial charge in [0.25, 0.3) is 0 Å². The SMILES string of the molecule is CCc1ccccc1C1=CC2CCC(C1)N2C(=O)OC(C)(C)C. The summed E-state index contributed by atoms with van der Waals surface area (Å²) in [6.45, 7) is 7.98. The van der Waals surface area contributed by atoms with E-state index < -0.39 is 5.60 Å². The number of fused-ring (bicyclic) bond motifs is 2. The van der Waals surface area contributed by atoms with E-state index in [2.05, 4.69) is 37.3 Å². The molecule has 0 saturated carbocycles. The molecule has 2 unspecified atom stereocenters. The topological polar surface area (TPSA) is 29.5 Å². The molecule has 0 spiro atoms. The van der Waals surface area contributed by atoms with Crippen molar-refractivity contribution >= 4 is 11.7 Å². The molecular formula is C20H27NO2. The molecule has 2 atom stereocenters. The lowest BCUT2D eigenvalue weighted by atomic mass is 9.91. The van der Waals surface area contributed by atoms with Crippen LogP contribution in [0.15, 0.2) is 30.3 Å². The quantitative estimate of drug-likeness (QED) is 0.784. The predicted octanol–water partition coefficient (Wildman–Crippen LogP) is 4.80. The van der Waals surface area contributed by atoms with E-state index in [1.54, 1.807) is 0 Å². The van der Waals surface area contributed by atoms with Gasteiger partial charge in [-0.25, -0.2) is 4.79 Å². The van der Waals surface area contributed by atoms with Gasteiger partial charge in [-0.3, -0.25) is 4.90 Å². The van der Waals surface area contributed by atoms with Crippen LogP contribution < -0.4 is 0 Å². The van der Waals surface area contributed by atoms with Gasteiger partial charge >= 0.3 is 6.09 Å². The van der Waals surface area contributed by atoms with Crippen LogP contribution in [0, 0.1) is 0 Å². The first-order valence-corrected chi connectivity index (χ1v) is 8.69. The highest BCUT2D eigenvalue weighted by atomic mass is 16.6. The average molecular weight is 313 g/mol. The third-order valence-electron chi connectivity index (χ3n) is 4.74. The Hall–Kier alpha value is -1.77. The lowest BCUT2D eigenvalue weighted by Crippen LogP contribution is -2.45. The maximum absolute atomic E-state index is 12.5. The number of carbonyl (C=O) groups excluding carboxylic acids is 1. The van der Waals surface area contributed by atoms with E-state index in [-0.39, 0.29) is 18.2 Å². The van der Waals surface area contributed by atoms with Crippen molar-refractivity contribution in [3.8, 4) is 0 Å². The summed E-state index contributed by atoms with van der Waals surface area (Å²) >= 11 is 0. The molecule has 124 valence electrons. The number of nitrogens with zero attached hydrogens (tertiary/aromatic N) is 1. The minimum Gasteiger partial charge on any atom is -0.444 e. The first-order valence-electron chi connectivity index (χ1n) is 8.69. The Labute approximate surface area is 139 Å². The summed E-state index contributed by atoms with van der Waals surface area (Å²) in [6, 6.07) is 9.10.